The number of carbonyl (C=O) groups is 2. The van der Waals surface area contributed by atoms with Gasteiger partial charge in [0, 0.05) is 36.9 Å². The van der Waals surface area contributed by atoms with Gasteiger partial charge >= 0.3 is 6.03 Å². The molecule has 1 aromatic rings. The lowest BCUT2D eigenvalue weighted by atomic mass is 10.2. The van der Waals surface area contributed by atoms with Gasteiger partial charge in [0.15, 0.2) is 0 Å². The predicted octanol–water partition coefficient (Wildman–Crippen LogP) is 1.88. The van der Waals surface area contributed by atoms with Crippen molar-refractivity contribution in [3.8, 4) is 0 Å². The molecule has 3 N–H and O–H groups in total. The molecular formula is C18H26N4O3. The third-order valence-corrected chi connectivity index (χ3v) is 4.40. The maximum absolute atomic E-state index is 11.9. The molecule has 1 heterocycles. The molecule has 0 radical (unpaired) electrons. The van der Waals surface area contributed by atoms with E-state index in [4.69, 9.17) is 4.74 Å². The van der Waals surface area contributed by atoms with E-state index in [1.807, 2.05) is 0 Å². The van der Waals surface area contributed by atoms with Gasteiger partial charge in [-0.15, -0.1) is 0 Å². The normalized spacial score (nSPS) is 17.8. The van der Waals surface area contributed by atoms with Crippen LogP contribution >= 0.6 is 0 Å². The first-order valence-electron chi connectivity index (χ1n) is 8.96. The quantitative estimate of drug-likeness (QED) is 0.658. The largest absolute Gasteiger partial charge is 0.379 e. The van der Waals surface area contributed by atoms with Crippen molar-refractivity contribution >= 4 is 23.3 Å². The molecule has 0 aromatic heterocycles. The van der Waals surface area contributed by atoms with Crippen molar-refractivity contribution in [3.63, 3.8) is 0 Å². The van der Waals surface area contributed by atoms with Gasteiger partial charge in [-0.2, -0.15) is 0 Å². The third kappa shape index (κ3) is 6.03. The molecule has 3 rings (SSSR count). The summed E-state index contributed by atoms with van der Waals surface area (Å²) in [6, 6.07) is 6.96. The first-order chi connectivity index (χ1) is 12.2. The molecule has 1 aliphatic carbocycles. The maximum Gasteiger partial charge on any atom is 0.319 e. The first kappa shape index (κ1) is 17.7. The van der Waals surface area contributed by atoms with Gasteiger partial charge in [-0.05, 0) is 50.1 Å². The predicted molar refractivity (Wildman–Crippen MR) is 96.7 cm³/mol. The summed E-state index contributed by atoms with van der Waals surface area (Å²) in [6.45, 7) is 5.14. The Bertz CT molecular complexity index is 580. The third-order valence-electron chi connectivity index (χ3n) is 4.40. The summed E-state index contributed by atoms with van der Waals surface area (Å²) in [7, 11) is 0. The molecule has 1 saturated carbocycles. The molecule has 2 aliphatic rings. The fourth-order valence-electron chi connectivity index (χ4n) is 2.73. The van der Waals surface area contributed by atoms with Crippen molar-refractivity contribution in [1.29, 1.82) is 0 Å². The Hall–Kier alpha value is -2.12. The fraction of sp³-hybridized carbons (Fsp3) is 0.556. The van der Waals surface area contributed by atoms with Gasteiger partial charge in [-0.1, -0.05) is 0 Å². The van der Waals surface area contributed by atoms with Crippen LogP contribution in [-0.4, -0.2) is 56.2 Å². The number of ether oxygens (including phenoxy) is 1. The van der Waals surface area contributed by atoms with E-state index in [2.05, 4.69) is 20.9 Å². The van der Waals surface area contributed by atoms with Crippen molar-refractivity contribution in [2.75, 3.05) is 50.0 Å². The van der Waals surface area contributed by atoms with Crippen molar-refractivity contribution < 1.29 is 14.3 Å². The molecular weight excluding hydrogens is 320 g/mol. The molecule has 136 valence electrons. The minimum Gasteiger partial charge on any atom is -0.379 e. The molecule has 1 saturated heterocycles. The highest BCUT2D eigenvalue weighted by molar-refractivity contribution is 5.94. The SMILES string of the molecule is O=C(NCCCN1CCOCC1)Nc1ccc(NC(=O)C2CC2)cc1. The number of benzene rings is 1. The van der Waals surface area contributed by atoms with E-state index in [1.165, 1.54) is 0 Å². The summed E-state index contributed by atoms with van der Waals surface area (Å²) in [5.74, 6) is 0.264. The van der Waals surface area contributed by atoms with Crippen molar-refractivity contribution in [2.45, 2.75) is 19.3 Å². The number of morpholine rings is 1. The van der Waals surface area contributed by atoms with E-state index in [-0.39, 0.29) is 17.9 Å². The zero-order chi connectivity index (χ0) is 17.5. The monoisotopic (exact) mass is 346 g/mol. The average molecular weight is 346 g/mol. The van der Waals surface area contributed by atoms with E-state index in [0.717, 1.165) is 57.8 Å². The lowest BCUT2D eigenvalue weighted by molar-refractivity contribution is -0.117. The second-order valence-electron chi connectivity index (χ2n) is 6.53. The van der Waals surface area contributed by atoms with Crippen molar-refractivity contribution in [1.82, 2.24) is 10.2 Å². The van der Waals surface area contributed by atoms with Crippen LogP contribution in [0.15, 0.2) is 24.3 Å². The standard InChI is InChI=1S/C18H26N4O3/c23-17(14-2-3-14)20-15-4-6-16(7-5-15)21-18(24)19-8-1-9-22-10-12-25-13-11-22/h4-7,14H,1-3,8-13H2,(H,20,23)(H2,19,21,24). The average Bonchev–Trinajstić information content (AvgIpc) is 3.47. The van der Waals surface area contributed by atoms with Gasteiger partial charge in [0.25, 0.3) is 0 Å². The highest BCUT2D eigenvalue weighted by Crippen LogP contribution is 2.30. The molecule has 3 amide bonds. The Labute approximate surface area is 148 Å². The summed E-state index contributed by atoms with van der Waals surface area (Å²) in [4.78, 5) is 25.9. The minimum absolute atomic E-state index is 0.0821. The molecule has 1 aromatic carbocycles. The van der Waals surface area contributed by atoms with Gasteiger partial charge < -0.3 is 20.7 Å². The molecule has 0 spiro atoms. The number of anilines is 2. The number of nitrogens with one attached hydrogen (secondary N) is 3. The zero-order valence-corrected chi connectivity index (χ0v) is 14.4. The Morgan fingerprint density at radius 2 is 1.68 bits per heavy atom. The Balaban J connectivity index is 1.32. The number of hydrogen-bond acceptors (Lipinski definition) is 4. The van der Waals surface area contributed by atoms with E-state index < -0.39 is 0 Å². The zero-order valence-electron chi connectivity index (χ0n) is 14.4. The first-order valence-corrected chi connectivity index (χ1v) is 8.96. The molecule has 2 fully saturated rings. The second kappa shape index (κ2) is 8.82. The van der Waals surface area contributed by atoms with Crippen LogP contribution in [0.3, 0.4) is 0 Å². The summed E-state index contributed by atoms with van der Waals surface area (Å²) < 4.78 is 5.31. The number of urea groups is 1. The molecule has 1 aliphatic heterocycles. The highest BCUT2D eigenvalue weighted by Gasteiger charge is 2.29. The van der Waals surface area contributed by atoms with Crippen LogP contribution in [0.4, 0.5) is 16.2 Å². The summed E-state index contributed by atoms with van der Waals surface area (Å²) >= 11 is 0. The lowest BCUT2D eigenvalue weighted by Gasteiger charge is -2.26. The Morgan fingerprint density at radius 3 is 2.32 bits per heavy atom. The molecule has 0 unspecified atom stereocenters. The molecule has 7 nitrogen and oxygen atoms in total. The molecule has 0 bridgehead atoms. The van der Waals surface area contributed by atoms with Crippen LogP contribution in [0, 0.1) is 5.92 Å². The number of nitrogens with zero attached hydrogens (tertiary/aromatic N) is 1. The van der Waals surface area contributed by atoms with Crippen molar-refractivity contribution in [3.05, 3.63) is 24.3 Å². The maximum atomic E-state index is 11.9. The summed E-state index contributed by atoms with van der Waals surface area (Å²) in [6.07, 6.45) is 2.88. The van der Waals surface area contributed by atoms with E-state index in [1.54, 1.807) is 24.3 Å². The van der Waals surface area contributed by atoms with E-state index >= 15 is 0 Å². The van der Waals surface area contributed by atoms with Gasteiger partial charge in [0.1, 0.15) is 0 Å². The fourth-order valence-corrected chi connectivity index (χ4v) is 2.73. The molecule has 0 atom stereocenters. The van der Waals surface area contributed by atoms with Crippen LogP contribution < -0.4 is 16.0 Å². The second-order valence-corrected chi connectivity index (χ2v) is 6.53. The van der Waals surface area contributed by atoms with Gasteiger partial charge in [0.2, 0.25) is 5.91 Å². The van der Waals surface area contributed by atoms with Crippen LogP contribution in [0.2, 0.25) is 0 Å². The van der Waals surface area contributed by atoms with E-state index in [9.17, 15) is 9.59 Å². The van der Waals surface area contributed by atoms with Crippen LogP contribution in [0.1, 0.15) is 19.3 Å². The minimum atomic E-state index is -0.211. The topological polar surface area (TPSA) is 82.7 Å². The van der Waals surface area contributed by atoms with Crippen LogP contribution in [0.25, 0.3) is 0 Å². The highest BCUT2D eigenvalue weighted by atomic mass is 16.5. The molecule has 25 heavy (non-hydrogen) atoms. The van der Waals surface area contributed by atoms with Gasteiger partial charge in [0.05, 0.1) is 13.2 Å². The number of rotatable bonds is 7. The van der Waals surface area contributed by atoms with Crippen LogP contribution in [0.5, 0.6) is 0 Å². The van der Waals surface area contributed by atoms with Crippen molar-refractivity contribution in [2.24, 2.45) is 5.92 Å². The van der Waals surface area contributed by atoms with Gasteiger partial charge in [-0.25, -0.2) is 4.79 Å². The Kier molecular flexibility index (Phi) is 6.25. The molecule has 7 heteroatoms. The number of amides is 3. The Morgan fingerprint density at radius 1 is 1.04 bits per heavy atom. The van der Waals surface area contributed by atoms with E-state index in [0.29, 0.717) is 12.2 Å². The number of carbonyl (C=O) groups excluding carboxylic acids is 2. The number of hydrogen-bond donors (Lipinski definition) is 3. The summed E-state index contributed by atoms with van der Waals surface area (Å²) in [5, 5.41) is 8.54. The smallest absolute Gasteiger partial charge is 0.319 e. The van der Waals surface area contributed by atoms with Crippen LogP contribution in [-0.2, 0) is 9.53 Å². The summed E-state index contributed by atoms with van der Waals surface area (Å²) in [5.41, 5.74) is 1.46. The van der Waals surface area contributed by atoms with Gasteiger partial charge in [-0.3, -0.25) is 9.69 Å². The lowest BCUT2D eigenvalue weighted by Crippen LogP contribution is -2.38.